The molecule has 0 aliphatic heterocycles. The van der Waals surface area contributed by atoms with Gasteiger partial charge in [-0.05, 0) is 52.5 Å². The molecule has 0 heterocycles. The lowest BCUT2D eigenvalue weighted by Crippen LogP contribution is -2.38. The third-order valence-electron chi connectivity index (χ3n) is 5.52. The highest BCUT2D eigenvalue weighted by atomic mass is 32.1. The van der Waals surface area contributed by atoms with E-state index in [1.807, 2.05) is 20.8 Å². The van der Waals surface area contributed by atoms with Gasteiger partial charge in [0, 0.05) is 25.2 Å². The Hall–Kier alpha value is -1.62. The van der Waals surface area contributed by atoms with Gasteiger partial charge in [0.25, 0.3) is 0 Å². The molecule has 0 unspecified atom stereocenters. The van der Waals surface area contributed by atoms with E-state index in [2.05, 4.69) is 43.4 Å². The number of amides is 1. The minimum absolute atomic E-state index is 0.171. The molecule has 0 saturated heterocycles. The molecule has 1 aromatic carbocycles. The molecule has 182 valence electrons. The molecule has 1 atom stereocenters. The zero-order chi connectivity index (χ0) is 24.0. The van der Waals surface area contributed by atoms with Crippen LogP contribution in [0.3, 0.4) is 0 Å². The van der Waals surface area contributed by atoms with E-state index in [1.54, 1.807) is 11.9 Å². The number of nitrogens with one attached hydrogen (secondary N) is 1. The summed E-state index contributed by atoms with van der Waals surface area (Å²) in [7, 11) is 1.77. The highest BCUT2D eigenvalue weighted by Crippen LogP contribution is 2.13. The molecule has 0 fully saturated rings. The zero-order valence-electron chi connectivity index (χ0n) is 21.3. The summed E-state index contributed by atoms with van der Waals surface area (Å²) in [5.41, 5.74) is 1.96. The van der Waals surface area contributed by atoms with Crippen LogP contribution in [0.5, 0.6) is 0 Å². The fourth-order valence-electron chi connectivity index (χ4n) is 3.48. The number of benzene rings is 1. The maximum atomic E-state index is 12.1. The minimum Gasteiger partial charge on any atom is -0.444 e. The van der Waals surface area contributed by atoms with Gasteiger partial charge in [0.1, 0.15) is 10.6 Å². The molecule has 0 saturated carbocycles. The second-order valence-corrected chi connectivity index (χ2v) is 10.4. The van der Waals surface area contributed by atoms with Gasteiger partial charge in [0.2, 0.25) is 0 Å². The molecule has 1 amide bonds. The van der Waals surface area contributed by atoms with Crippen molar-refractivity contribution in [3.63, 3.8) is 0 Å². The van der Waals surface area contributed by atoms with Crippen LogP contribution in [0.1, 0.15) is 104 Å². The molecule has 0 bridgehead atoms. The number of aryl methyl sites for hydroxylation is 1. The fraction of sp³-hybridized carbons (Fsp3) is 0.704. The third kappa shape index (κ3) is 13.0. The second-order valence-electron chi connectivity index (χ2n) is 9.99. The number of hydrogen-bond donors (Lipinski definition) is 1. The topological polar surface area (TPSA) is 41.6 Å². The Morgan fingerprint density at radius 2 is 1.59 bits per heavy atom. The monoisotopic (exact) mass is 462 g/mol. The normalized spacial score (nSPS) is 12.3. The van der Waals surface area contributed by atoms with Crippen molar-refractivity contribution in [2.24, 2.45) is 0 Å². The van der Waals surface area contributed by atoms with Crippen molar-refractivity contribution in [3.05, 3.63) is 35.4 Å². The molecule has 32 heavy (non-hydrogen) atoms. The standard InChI is InChI=1S/C27H46N2O2S/c1-7-8-9-10-11-12-13-14-15-23-16-18-24(19-17-23)25(32)28-22(2)20-21-29(6)26(30)31-27(3,4)5/h16-19,22H,7-15,20-21H2,1-6H3,(H,28,32)/t22-/m0/s1. The zero-order valence-corrected chi connectivity index (χ0v) is 22.2. The predicted molar refractivity (Wildman–Crippen MR) is 141 cm³/mol. The van der Waals surface area contributed by atoms with Crippen molar-refractivity contribution in [2.75, 3.05) is 13.6 Å². The Morgan fingerprint density at radius 1 is 1.03 bits per heavy atom. The van der Waals surface area contributed by atoms with Gasteiger partial charge in [-0.2, -0.15) is 0 Å². The second kappa shape index (κ2) is 15.3. The summed E-state index contributed by atoms with van der Waals surface area (Å²) < 4.78 is 5.40. The summed E-state index contributed by atoms with van der Waals surface area (Å²) in [5.74, 6) is 0. The number of ether oxygens (including phenoxy) is 1. The molecule has 0 aromatic heterocycles. The number of carbonyl (C=O) groups is 1. The smallest absolute Gasteiger partial charge is 0.410 e. The van der Waals surface area contributed by atoms with Gasteiger partial charge < -0.3 is 15.0 Å². The van der Waals surface area contributed by atoms with E-state index in [0.29, 0.717) is 6.54 Å². The van der Waals surface area contributed by atoms with Gasteiger partial charge >= 0.3 is 6.09 Å². The van der Waals surface area contributed by atoms with Gasteiger partial charge in [0.15, 0.2) is 0 Å². The Morgan fingerprint density at radius 3 is 2.16 bits per heavy atom. The SMILES string of the molecule is CCCCCCCCCCc1ccc(C(=S)N[C@@H](C)CCN(C)C(=O)OC(C)(C)C)cc1. The molecule has 0 radical (unpaired) electrons. The number of carbonyl (C=O) groups excluding carboxylic acids is 1. The number of thiocarbonyl (C=S) groups is 1. The van der Waals surface area contributed by atoms with Gasteiger partial charge in [-0.3, -0.25) is 0 Å². The maximum absolute atomic E-state index is 12.1. The lowest BCUT2D eigenvalue weighted by molar-refractivity contribution is 0.0294. The van der Waals surface area contributed by atoms with Crippen LogP contribution >= 0.6 is 12.2 Å². The average Bonchev–Trinajstić information content (AvgIpc) is 2.73. The summed E-state index contributed by atoms with van der Waals surface area (Å²) in [4.78, 5) is 14.4. The highest BCUT2D eigenvalue weighted by Gasteiger charge is 2.19. The quantitative estimate of drug-likeness (QED) is 0.233. The molecule has 0 spiro atoms. The van der Waals surface area contributed by atoms with Crippen molar-refractivity contribution in [3.8, 4) is 0 Å². The lowest BCUT2D eigenvalue weighted by atomic mass is 10.0. The summed E-state index contributed by atoms with van der Waals surface area (Å²) in [6, 6.07) is 8.81. The number of hydrogen-bond acceptors (Lipinski definition) is 3. The van der Waals surface area contributed by atoms with E-state index < -0.39 is 5.60 Å². The van der Waals surface area contributed by atoms with Gasteiger partial charge in [-0.15, -0.1) is 0 Å². The fourth-order valence-corrected chi connectivity index (χ4v) is 3.82. The summed E-state index contributed by atoms with van der Waals surface area (Å²) >= 11 is 5.59. The maximum Gasteiger partial charge on any atom is 0.410 e. The molecule has 4 nitrogen and oxygen atoms in total. The Bertz CT molecular complexity index is 667. The van der Waals surface area contributed by atoms with E-state index in [0.717, 1.165) is 23.4 Å². The lowest BCUT2D eigenvalue weighted by Gasteiger charge is -2.25. The molecule has 1 N–H and O–H groups in total. The minimum atomic E-state index is -0.475. The van der Waals surface area contributed by atoms with Crippen LogP contribution in [0.25, 0.3) is 0 Å². The van der Waals surface area contributed by atoms with Crippen LogP contribution < -0.4 is 5.32 Å². The van der Waals surface area contributed by atoms with E-state index in [-0.39, 0.29) is 12.1 Å². The van der Waals surface area contributed by atoms with Crippen molar-refractivity contribution >= 4 is 23.3 Å². The first-order valence-corrected chi connectivity index (χ1v) is 12.9. The molecule has 0 aliphatic rings. The van der Waals surface area contributed by atoms with E-state index in [1.165, 1.54) is 56.9 Å². The van der Waals surface area contributed by atoms with E-state index in [4.69, 9.17) is 17.0 Å². The van der Waals surface area contributed by atoms with Gasteiger partial charge in [-0.1, -0.05) is 88.4 Å². The summed E-state index contributed by atoms with van der Waals surface area (Å²) in [5, 5.41) is 3.39. The van der Waals surface area contributed by atoms with Crippen LogP contribution in [0.15, 0.2) is 24.3 Å². The molecule has 1 aromatic rings. The Kier molecular flexibility index (Phi) is 13.5. The highest BCUT2D eigenvalue weighted by molar-refractivity contribution is 7.80. The van der Waals surface area contributed by atoms with Crippen molar-refractivity contribution < 1.29 is 9.53 Å². The number of nitrogens with zero attached hydrogens (tertiary/aromatic N) is 1. The first-order chi connectivity index (χ1) is 15.1. The van der Waals surface area contributed by atoms with Gasteiger partial charge in [-0.25, -0.2) is 4.79 Å². The van der Waals surface area contributed by atoms with Crippen molar-refractivity contribution in [1.82, 2.24) is 10.2 Å². The largest absolute Gasteiger partial charge is 0.444 e. The predicted octanol–water partition coefficient (Wildman–Crippen LogP) is 7.28. The molecule has 0 aliphatic carbocycles. The first-order valence-electron chi connectivity index (χ1n) is 12.5. The third-order valence-corrected chi connectivity index (χ3v) is 5.87. The Balaban J connectivity index is 2.29. The molecular weight excluding hydrogens is 416 g/mol. The van der Waals surface area contributed by atoms with Crippen molar-refractivity contribution in [1.29, 1.82) is 0 Å². The van der Waals surface area contributed by atoms with Crippen LogP contribution in [-0.2, 0) is 11.2 Å². The van der Waals surface area contributed by atoms with Crippen molar-refractivity contribution in [2.45, 2.75) is 110 Å². The van der Waals surface area contributed by atoms with Crippen LogP contribution in [-0.4, -0.2) is 41.2 Å². The molecule has 1 rings (SSSR count). The van der Waals surface area contributed by atoms with Gasteiger partial charge in [0.05, 0.1) is 0 Å². The molecular formula is C27H46N2O2S. The average molecular weight is 463 g/mol. The number of rotatable bonds is 14. The summed E-state index contributed by atoms with van der Waals surface area (Å²) in [6.45, 7) is 10.6. The summed E-state index contributed by atoms with van der Waals surface area (Å²) in [6.07, 6.45) is 12.5. The van der Waals surface area contributed by atoms with E-state index in [9.17, 15) is 4.79 Å². The molecule has 5 heteroatoms. The Labute approximate surface area is 202 Å². The van der Waals surface area contributed by atoms with Crippen LogP contribution in [0, 0.1) is 0 Å². The first kappa shape index (κ1) is 28.4. The van der Waals surface area contributed by atoms with Crippen LogP contribution in [0.2, 0.25) is 0 Å². The van der Waals surface area contributed by atoms with Crippen LogP contribution in [0.4, 0.5) is 4.79 Å². The van der Waals surface area contributed by atoms with E-state index >= 15 is 0 Å². The number of unbranched alkanes of at least 4 members (excludes halogenated alkanes) is 7.